The highest BCUT2D eigenvalue weighted by Gasteiger charge is 2.02. The molecule has 0 aliphatic heterocycles. The first kappa shape index (κ1) is 13.4. The van der Waals surface area contributed by atoms with Gasteiger partial charge in [-0.2, -0.15) is 0 Å². The standard InChI is InChI=1S/C12H18FN3O/c1-9-3-4-10(7-11(9)13)8-16-12(17)15-6-5-14-2/h3-4,7,14H,5-6,8H2,1-2H3,(H2,15,16,17). The number of carbonyl (C=O) groups excluding carboxylic acids is 1. The van der Waals surface area contributed by atoms with Gasteiger partial charge in [0.2, 0.25) is 0 Å². The monoisotopic (exact) mass is 239 g/mol. The Kier molecular flexibility index (Phi) is 5.42. The molecule has 0 radical (unpaired) electrons. The van der Waals surface area contributed by atoms with Gasteiger partial charge >= 0.3 is 6.03 Å². The Bertz CT molecular complexity index is 382. The zero-order valence-electron chi connectivity index (χ0n) is 10.1. The van der Waals surface area contributed by atoms with Crippen LogP contribution in [0.25, 0.3) is 0 Å². The summed E-state index contributed by atoms with van der Waals surface area (Å²) in [5.74, 6) is -0.250. The van der Waals surface area contributed by atoms with Crippen LogP contribution in [0.15, 0.2) is 18.2 Å². The number of likely N-dealkylation sites (N-methyl/N-ethyl adjacent to an activating group) is 1. The van der Waals surface area contributed by atoms with Crippen LogP contribution in [-0.4, -0.2) is 26.2 Å². The lowest BCUT2D eigenvalue weighted by Crippen LogP contribution is -2.38. The quantitative estimate of drug-likeness (QED) is 0.675. The molecule has 94 valence electrons. The minimum Gasteiger partial charge on any atom is -0.337 e. The molecule has 3 N–H and O–H groups in total. The van der Waals surface area contributed by atoms with Crippen molar-refractivity contribution in [3.63, 3.8) is 0 Å². The number of rotatable bonds is 5. The Morgan fingerprint density at radius 2 is 2.06 bits per heavy atom. The van der Waals surface area contributed by atoms with E-state index in [0.717, 1.165) is 5.56 Å². The summed E-state index contributed by atoms with van der Waals surface area (Å²) in [6, 6.07) is 4.68. The van der Waals surface area contributed by atoms with Crippen LogP contribution in [-0.2, 0) is 6.54 Å². The highest BCUT2D eigenvalue weighted by atomic mass is 19.1. The molecule has 1 aromatic carbocycles. The van der Waals surface area contributed by atoms with E-state index in [1.807, 2.05) is 7.05 Å². The van der Waals surface area contributed by atoms with E-state index in [2.05, 4.69) is 16.0 Å². The van der Waals surface area contributed by atoms with Crippen molar-refractivity contribution in [2.75, 3.05) is 20.1 Å². The fourth-order valence-corrected chi connectivity index (χ4v) is 1.29. The van der Waals surface area contributed by atoms with Gasteiger partial charge in [-0.25, -0.2) is 9.18 Å². The molecule has 0 aromatic heterocycles. The van der Waals surface area contributed by atoms with Crippen molar-refractivity contribution in [3.8, 4) is 0 Å². The Balaban J connectivity index is 2.34. The van der Waals surface area contributed by atoms with Crippen LogP contribution < -0.4 is 16.0 Å². The molecule has 0 aliphatic rings. The van der Waals surface area contributed by atoms with Gasteiger partial charge in [0.1, 0.15) is 5.82 Å². The predicted octanol–water partition coefficient (Wildman–Crippen LogP) is 1.15. The van der Waals surface area contributed by atoms with E-state index in [9.17, 15) is 9.18 Å². The van der Waals surface area contributed by atoms with Gasteiger partial charge < -0.3 is 16.0 Å². The zero-order valence-corrected chi connectivity index (χ0v) is 10.1. The third-order valence-corrected chi connectivity index (χ3v) is 2.35. The van der Waals surface area contributed by atoms with E-state index >= 15 is 0 Å². The Morgan fingerprint density at radius 1 is 1.29 bits per heavy atom. The van der Waals surface area contributed by atoms with Gasteiger partial charge in [-0.15, -0.1) is 0 Å². The number of halogens is 1. The number of nitrogens with one attached hydrogen (secondary N) is 3. The maximum absolute atomic E-state index is 13.2. The highest BCUT2D eigenvalue weighted by Crippen LogP contribution is 2.08. The van der Waals surface area contributed by atoms with E-state index in [1.165, 1.54) is 6.07 Å². The smallest absolute Gasteiger partial charge is 0.315 e. The van der Waals surface area contributed by atoms with Gasteiger partial charge in [-0.05, 0) is 31.2 Å². The van der Waals surface area contributed by atoms with Crippen LogP contribution in [0.4, 0.5) is 9.18 Å². The maximum atomic E-state index is 13.2. The molecule has 0 saturated carbocycles. The first-order chi connectivity index (χ1) is 8.13. The first-order valence-corrected chi connectivity index (χ1v) is 5.55. The number of hydrogen-bond acceptors (Lipinski definition) is 2. The van der Waals surface area contributed by atoms with Gasteiger partial charge in [-0.3, -0.25) is 0 Å². The first-order valence-electron chi connectivity index (χ1n) is 5.55. The van der Waals surface area contributed by atoms with Gasteiger partial charge in [0.15, 0.2) is 0 Å². The molecule has 0 unspecified atom stereocenters. The number of carbonyl (C=O) groups is 1. The molecule has 0 fully saturated rings. The summed E-state index contributed by atoms with van der Waals surface area (Å²) in [6.07, 6.45) is 0. The average Bonchev–Trinajstić information content (AvgIpc) is 2.31. The van der Waals surface area contributed by atoms with Crippen LogP contribution in [0.2, 0.25) is 0 Å². The van der Waals surface area contributed by atoms with Gasteiger partial charge in [0.05, 0.1) is 0 Å². The lowest BCUT2D eigenvalue weighted by molar-refractivity contribution is 0.240. The molecule has 17 heavy (non-hydrogen) atoms. The number of amides is 2. The van der Waals surface area contributed by atoms with Gasteiger partial charge in [-0.1, -0.05) is 12.1 Å². The molecule has 0 aliphatic carbocycles. The lowest BCUT2D eigenvalue weighted by atomic mass is 10.1. The minimum absolute atomic E-state index is 0.249. The molecule has 1 rings (SSSR count). The highest BCUT2D eigenvalue weighted by molar-refractivity contribution is 5.73. The Labute approximate surface area is 101 Å². The van der Waals surface area contributed by atoms with Gasteiger partial charge in [0, 0.05) is 19.6 Å². The van der Waals surface area contributed by atoms with Crippen molar-refractivity contribution in [1.29, 1.82) is 0 Å². The second-order valence-corrected chi connectivity index (χ2v) is 3.80. The topological polar surface area (TPSA) is 53.2 Å². The molecule has 0 heterocycles. The molecular weight excluding hydrogens is 221 g/mol. The van der Waals surface area contributed by atoms with Crippen LogP contribution in [0.5, 0.6) is 0 Å². The summed E-state index contributed by atoms with van der Waals surface area (Å²) < 4.78 is 13.2. The molecule has 0 bridgehead atoms. The molecule has 2 amide bonds. The summed E-state index contributed by atoms with van der Waals surface area (Å²) in [7, 11) is 1.81. The minimum atomic E-state index is -0.250. The van der Waals surface area contributed by atoms with Crippen LogP contribution in [0.1, 0.15) is 11.1 Å². The summed E-state index contributed by atoms with van der Waals surface area (Å²) in [5, 5.41) is 8.25. The molecule has 0 atom stereocenters. The maximum Gasteiger partial charge on any atom is 0.315 e. The second kappa shape index (κ2) is 6.85. The van der Waals surface area contributed by atoms with Crippen LogP contribution >= 0.6 is 0 Å². The van der Waals surface area contributed by atoms with Crippen molar-refractivity contribution in [2.45, 2.75) is 13.5 Å². The summed E-state index contributed by atoms with van der Waals surface area (Å²) in [6.45, 7) is 3.30. The lowest BCUT2D eigenvalue weighted by Gasteiger charge is -2.08. The Hall–Kier alpha value is -1.62. The zero-order chi connectivity index (χ0) is 12.7. The number of hydrogen-bond donors (Lipinski definition) is 3. The molecule has 0 spiro atoms. The molecule has 0 saturated heterocycles. The SMILES string of the molecule is CNCCNC(=O)NCc1ccc(C)c(F)c1. The van der Waals surface area contributed by atoms with Crippen molar-refractivity contribution in [2.24, 2.45) is 0 Å². The normalized spacial score (nSPS) is 10.1. The third kappa shape index (κ3) is 4.82. The predicted molar refractivity (Wildman–Crippen MR) is 65.3 cm³/mol. The molecular formula is C12H18FN3O. The fraction of sp³-hybridized carbons (Fsp3) is 0.417. The van der Waals surface area contributed by atoms with Crippen molar-refractivity contribution >= 4 is 6.03 Å². The van der Waals surface area contributed by atoms with Crippen LogP contribution in [0, 0.1) is 12.7 Å². The van der Waals surface area contributed by atoms with Crippen molar-refractivity contribution in [3.05, 3.63) is 35.1 Å². The van der Waals surface area contributed by atoms with Crippen LogP contribution in [0.3, 0.4) is 0 Å². The number of aryl methyl sites for hydroxylation is 1. The molecule has 1 aromatic rings. The Morgan fingerprint density at radius 3 is 2.71 bits per heavy atom. The summed E-state index contributed by atoms with van der Waals surface area (Å²) in [4.78, 5) is 11.3. The average molecular weight is 239 g/mol. The third-order valence-electron chi connectivity index (χ3n) is 2.35. The molecule has 4 nitrogen and oxygen atoms in total. The van der Waals surface area contributed by atoms with Crippen molar-refractivity contribution < 1.29 is 9.18 Å². The van der Waals surface area contributed by atoms with E-state index in [4.69, 9.17) is 0 Å². The van der Waals surface area contributed by atoms with E-state index in [1.54, 1.807) is 19.1 Å². The van der Waals surface area contributed by atoms with Crippen molar-refractivity contribution in [1.82, 2.24) is 16.0 Å². The number of benzene rings is 1. The van der Waals surface area contributed by atoms with E-state index in [0.29, 0.717) is 25.2 Å². The largest absolute Gasteiger partial charge is 0.337 e. The number of urea groups is 1. The van der Waals surface area contributed by atoms with E-state index in [-0.39, 0.29) is 11.8 Å². The second-order valence-electron chi connectivity index (χ2n) is 3.80. The van der Waals surface area contributed by atoms with Gasteiger partial charge in [0.25, 0.3) is 0 Å². The summed E-state index contributed by atoms with van der Waals surface area (Å²) in [5.41, 5.74) is 1.35. The molecule has 5 heteroatoms. The van der Waals surface area contributed by atoms with E-state index < -0.39 is 0 Å². The summed E-state index contributed by atoms with van der Waals surface area (Å²) >= 11 is 0. The fourth-order valence-electron chi connectivity index (χ4n) is 1.29.